The zero-order chi connectivity index (χ0) is 15.2. The number of hydrogen-bond acceptors (Lipinski definition) is 4. The molecule has 21 heavy (non-hydrogen) atoms. The molecule has 0 aliphatic heterocycles. The van der Waals surface area contributed by atoms with Crippen LogP contribution >= 0.6 is 11.6 Å². The van der Waals surface area contributed by atoms with Gasteiger partial charge >= 0.3 is 0 Å². The van der Waals surface area contributed by atoms with Crippen molar-refractivity contribution in [3.8, 4) is 5.75 Å². The second-order valence-electron chi connectivity index (χ2n) is 4.51. The van der Waals surface area contributed by atoms with Gasteiger partial charge < -0.3 is 15.8 Å². The van der Waals surface area contributed by atoms with E-state index in [1.165, 1.54) is 0 Å². The molecule has 0 bridgehead atoms. The molecule has 6 heteroatoms. The number of benzene rings is 1. The van der Waals surface area contributed by atoms with Crippen molar-refractivity contribution in [2.75, 3.05) is 17.7 Å². The van der Waals surface area contributed by atoms with E-state index in [1.54, 1.807) is 36.5 Å². The number of amides is 1. The fourth-order valence-corrected chi connectivity index (χ4v) is 2.00. The first kappa shape index (κ1) is 15.1. The molecule has 5 nitrogen and oxygen atoms in total. The number of carbonyl (C=O) groups excluding carboxylic acids is 1. The van der Waals surface area contributed by atoms with E-state index < -0.39 is 0 Å². The van der Waals surface area contributed by atoms with E-state index in [1.807, 2.05) is 6.92 Å². The lowest BCUT2D eigenvalue weighted by molar-refractivity contribution is -0.116. The Morgan fingerprint density at radius 1 is 1.43 bits per heavy atom. The van der Waals surface area contributed by atoms with Crippen LogP contribution in [0.3, 0.4) is 0 Å². The Morgan fingerprint density at radius 3 is 2.95 bits per heavy atom. The van der Waals surface area contributed by atoms with Gasteiger partial charge in [0.25, 0.3) is 0 Å². The van der Waals surface area contributed by atoms with Crippen molar-refractivity contribution in [3.05, 3.63) is 47.2 Å². The fourth-order valence-electron chi connectivity index (χ4n) is 1.74. The molecular weight excluding hydrogens is 290 g/mol. The number of nitrogens with two attached hydrogens (primary N) is 1. The first-order valence-corrected chi connectivity index (χ1v) is 6.83. The lowest BCUT2D eigenvalue weighted by Crippen LogP contribution is -2.16. The molecule has 0 saturated heterocycles. The Labute approximate surface area is 128 Å². The van der Waals surface area contributed by atoms with Gasteiger partial charge in [0.1, 0.15) is 5.75 Å². The standard InChI is InChI=1S/C15H16ClN3O2/c1-10-5-7-18-15(16)14(10)19-13(20)6-8-21-12-4-2-3-11(17)9-12/h2-5,7,9H,6,8,17H2,1H3,(H,19,20). The first-order chi connectivity index (χ1) is 10.1. The molecule has 1 amide bonds. The maximum absolute atomic E-state index is 11.9. The molecule has 0 fully saturated rings. The molecule has 1 aromatic heterocycles. The van der Waals surface area contributed by atoms with Gasteiger partial charge in [-0.3, -0.25) is 4.79 Å². The van der Waals surface area contributed by atoms with Crippen LogP contribution in [0.2, 0.25) is 5.15 Å². The molecule has 3 N–H and O–H groups in total. The number of pyridine rings is 1. The first-order valence-electron chi connectivity index (χ1n) is 6.45. The molecule has 0 unspecified atom stereocenters. The number of halogens is 1. The predicted molar refractivity (Wildman–Crippen MR) is 83.6 cm³/mol. The summed E-state index contributed by atoms with van der Waals surface area (Å²) in [5, 5.41) is 3.02. The molecule has 110 valence electrons. The summed E-state index contributed by atoms with van der Waals surface area (Å²) in [5.74, 6) is 0.454. The molecule has 0 atom stereocenters. The number of nitrogen functional groups attached to an aromatic ring is 1. The molecule has 2 aromatic rings. The van der Waals surface area contributed by atoms with E-state index in [-0.39, 0.29) is 24.1 Å². The van der Waals surface area contributed by atoms with Crippen LogP contribution in [0.4, 0.5) is 11.4 Å². The van der Waals surface area contributed by atoms with Crippen LogP contribution in [0.15, 0.2) is 36.5 Å². The number of aryl methyl sites for hydroxylation is 1. The van der Waals surface area contributed by atoms with E-state index in [4.69, 9.17) is 22.1 Å². The third kappa shape index (κ3) is 4.36. The van der Waals surface area contributed by atoms with Gasteiger partial charge in [-0.05, 0) is 30.7 Å². The number of nitrogens with one attached hydrogen (secondary N) is 1. The molecule has 0 spiro atoms. The molecule has 0 saturated carbocycles. The number of rotatable bonds is 5. The summed E-state index contributed by atoms with van der Waals surface area (Å²) in [7, 11) is 0. The summed E-state index contributed by atoms with van der Waals surface area (Å²) in [6, 6.07) is 8.84. The number of ether oxygens (including phenoxy) is 1. The van der Waals surface area contributed by atoms with Gasteiger partial charge in [-0.2, -0.15) is 0 Å². The Kier molecular flexibility index (Phi) is 5.00. The second kappa shape index (κ2) is 6.95. The quantitative estimate of drug-likeness (QED) is 0.657. The lowest BCUT2D eigenvalue weighted by atomic mass is 10.2. The highest BCUT2D eigenvalue weighted by molar-refractivity contribution is 6.32. The average molecular weight is 306 g/mol. The van der Waals surface area contributed by atoms with Crippen LogP contribution in [-0.2, 0) is 4.79 Å². The van der Waals surface area contributed by atoms with Crippen LogP contribution in [0.5, 0.6) is 5.75 Å². The van der Waals surface area contributed by atoms with Gasteiger partial charge in [-0.25, -0.2) is 4.98 Å². The Balaban J connectivity index is 1.85. The topological polar surface area (TPSA) is 77.2 Å². The average Bonchev–Trinajstić information content (AvgIpc) is 2.43. The van der Waals surface area contributed by atoms with Crippen molar-refractivity contribution < 1.29 is 9.53 Å². The summed E-state index contributed by atoms with van der Waals surface area (Å²) in [5.41, 5.74) is 7.66. The van der Waals surface area contributed by atoms with Crippen molar-refractivity contribution in [1.82, 2.24) is 4.98 Å². The number of hydrogen-bond donors (Lipinski definition) is 2. The smallest absolute Gasteiger partial charge is 0.227 e. The van der Waals surface area contributed by atoms with Crippen molar-refractivity contribution in [1.29, 1.82) is 0 Å². The molecule has 1 heterocycles. The second-order valence-corrected chi connectivity index (χ2v) is 4.87. The SMILES string of the molecule is Cc1ccnc(Cl)c1NC(=O)CCOc1cccc(N)c1. The van der Waals surface area contributed by atoms with Gasteiger partial charge in [0.05, 0.1) is 18.7 Å². The fraction of sp³-hybridized carbons (Fsp3) is 0.200. The highest BCUT2D eigenvalue weighted by atomic mass is 35.5. The van der Waals surface area contributed by atoms with E-state index in [0.29, 0.717) is 17.1 Å². The minimum absolute atomic E-state index is 0.183. The van der Waals surface area contributed by atoms with E-state index in [9.17, 15) is 4.79 Å². The third-order valence-electron chi connectivity index (χ3n) is 2.83. The summed E-state index contributed by atoms with van der Waals surface area (Å²) in [6.45, 7) is 2.11. The minimum atomic E-state index is -0.183. The number of carbonyl (C=O) groups is 1. The number of nitrogens with zero attached hydrogens (tertiary/aromatic N) is 1. The van der Waals surface area contributed by atoms with Crippen LogP contribution in [0, 0.1) is 6.92 Å². The van der Waals surface area contributed by atoms with Crippen LogP contribution in [0.25, 0.3) is 0 Å². The van der Waals surface area contributed by atoms with Gasteiger partial charge in [0.15, 0.2) is 5.15 Å². The monoisotopic (exact) mass is 305 g/mol. The van der Waals surface area contributed by atoms with Gasteiger partial charge in [-0.15, -0.1) is 0 Å². The van der Waals surface area contributed by atoms with Crippen molar-refractivity contribution in [2.45, 2.75) is 13.3 Å². The molecule has 1 aromatic carbocycles. The maximum atomic E-state index is 11.9. The van der Waals surface area contributed by atoms with Crippen molar-refractivity contribution in [3.63, 3.8) is 0 Å². The predicted octanol–water partition coefficient (Wildman–Crippen LogP) is 3.03. The van der Waals surface area contributed by atoms with Crippen LogP contribution < -0.4 is 15.8 Å². The van der Waals surface area contributed by atoms with E-state index >= 15 is 0 Å². The summed E-state index contributed by atoms with van der Waals surface area (Å²) >= 11 is 5.95. The van der Waals surface area contributed by atoms with Crippen molar-refractivity contribution >= 4 is 28.9 Å². The highest BCUT2D eigenvalue weighted by Gasteiger charge is 2.09. The Bertz CT molecular complexity index is 626. The molecular formula is C15H16ClN3O2. The molecule has 0 aliphatic carbocycles. The summed E-state index contributed by atoms with van der Waals surface area (Å²) in [4.78, 5) is 15.8. The summed E-state index contributed by atoms with van der Waals surface area (Å²) < 4.78 is 5.47. The third-order valence-corrected chi connectivity index (χ3v) is 3.12. The Hall–Kier alpha value is -2.27. The molecule has 0 radical (unpaired) electrons. The van der Waals surface area contributed by atoms with E-state index in [0.717, 1.165) is 5.56 Å². The Morgan fingerprint density at radius 2 is 2.24 bits per heavy atom. The largest absolute Gasteiger partial charge is 0.493 e. The normalized spacial score (nSPS) is 10.2. The number of aromatic nitrogens is 1. The highest BCUT2D eigenvalue weighted by Crippen LogP contribution is 2.22. The maximum Gasteiger partial charge on any atom is 0.227 e. The zero-order valence-corrected chi connectivity index (χ0v) is 12.4. The van der Waals surface area contributed by atoms with E-state index in [2.05, 4.69) is 10.3 Å². The van der Waals surface area contributed by atoms with Crippen LogP contribution in [-0.4, -0.2) is 17.5 Å². The van der Waals surface area contributed by atoms with Crippen molar-refractivity contribution in [2.24, 2.45) is 0 Å². The van der Waals surface area contributed by atoms with Gasteiger partial charge in [0.2, 0.25) is 5.91 Å². The zero-order valence-electron chi connectivity index (χ0n) is 11.6. The van der Waals surface area contributed by atoms with Gasteiger partial charge in [-0.1, -0.05) is 17.7 Å². The molecule has 2 rings (SSSR count). The minimum Gasteiger partial charge on any atom is -0.493 e. The molecule has 0 aliphatic rings. The summed E-state index contributed by atoms with van der Waals surface area (Å²) in [6.07, 6.45) is 1.80. The lowest BCUT2D eigenvalue weighted by Gasteiger charge is -2.10. The van der Waals surface area contributed by atoms with Gasteiger partial charge in [0, 0.05) is 18.0 Å². The number of anilines is 2. The van der Waals surface area contributed by atoms with Crippen LogP contribution in [0.1, 0.15) is 12.0 Å².